The quantitative estimate of drug-likeness (QED) is 0.673. The van der Waals surface area contributed by atoms with Gasteiger partial charge in [-0.2, -0.15) is 0 Å². The summed E-state index contributed by atoms with van der Waals surface area (Å²) < 4.78 is 16.2. The van der Waals surface area contributed by atoms with Crippen molar-refractivity contribution >= 4 is 5.97 Å². The summed E-state index contributed by atoms with van der Waals surface area (Å²) in [7, 11) is 0. The van der Waals surface area contributed by atoms with Gasteiger partial charge in [0.05, 0.1) is 12.7 Å². The van der Waals surface area contributed by atoms with Crippen molar-refractivity contribution in [3.8, 4) is 0 Å². The maximum Gasteiger partial charge on any atom is 0.323 e. The summed E-state index contributed by atoms with van der Waals surface area (Å²) in [6.45, 7) is 4.44. The Morgan fingerprint density at radius 2 is 2.05 bits per heavy atom. The zero-order chi connectivity index (χ0) is 13.5. The van der Waals surface area contributed by atoms with E-state index in [2.05, 4.69) is 5.32 Å². The van der Waals surface area contributed by atoms with Crippen LogP contribution in [0.5, 0.6) is 0 Å². The lowest BCUT2D eigenvalue weighted by atomic mass is 10.1. The van der Waals surface area contributed by atoms with Gasteiger partial charge in [0.1, 0.15) is 6.04 Å². The first-order valence-corrected chi connectivity index (χ1v) is 7.41. The van der Waals surface area contributed by atoms with E-state index in [1.165, 1.54) is 0 Å². The van der Waals surface area contributed by atoms with Crippen LogP contribution in [-0.2, 0) is 19.0 Å². The summed E-state index contributed by atoms with van der Waals surface area (Å²) in [5, 5.41) is 3.33. The molecule has 1 aliphatic heterocycles. The molecule has 1 aliphatic carbocycles. The first kappa shape index (κ1) is 14.8. The summed E-state index contributed by atoms with van der Waals surface area (Å²) in [5.41, 5.74) is 0. The van der Waals surface area contributed by atoms with Gasteiger partial charge in [0, 0.05) is 25.9 Å². The second kappa shape index (κ2) is 7.82. The van der Waals surface area contributed by atoms with Crippen molar-refractivity contribution in [2.45, 2.75) is 57.2 Å². The summed E-state index contributed by atoms with van der Waals surface area (Å²) in [6, 6.07) is 0.282. The number of esters is 1. The van der Waals surface area contributed by atoms with Crippen molar-refractivity contribution in [1.82, 2.24) is 5.32 Å². The molecule has 2 fully saturated rings. The minimum absolute atomic E-state index is 0.148. The number of carbonyl (C=O) groups excluding carboxylic acids is 1. The third-order valence-electron chi connectivity index (χ3n) is 3.51. The molecule has 5 heteroatoms. The second-order valence-electron chi connectivity index (χ2n) is 5.22. The Morgan fingerprint density at radius 3 is 2.68 bits per heavy atom. The van der Waals surface area contributed by atoms with Gasteiger partial charge in [-0.3, -0.25) is 4.79 Å². The molecule has 2 rings (SSSR count). The number of nitrogens with one attached hydrogen (secondary N) is 1. The fraction of sp³-hybridized carbons (Fsp3) is 0.929. The molecule has 1 heterocycles. The maximum absolute atomic E-state index is 11.8. The number of hydrogen-bond donors (Lipinski definition) is 1. The molecule has 1 unspecified atom stereocenters. The van der Waals surface area contributed by atoms with Crippen molar-refractivity contribution in [3.63, 3.8) is 0 Å². The van der Waals surface area contributed by atoms with Crippen molar-refractivity contribution in [3.05, 3.63) is 0 Å². The molecule has 5 nitrogen and oxygen atoms in total. The van der Waals surface area contributed by atoms with Gasteiger partial charge >= 0.3 is 5.97 Å². The molecule has 19 heavy (non-hydrogen) atoms. The monoisotopic (exact) mass is 271 g/mol. The van der Waals surface area contributed by atoms with E-state index in [9.17, 15) is 4.79 Å². The van der Waals surface area contributed by atoms with Gasteiger partial charge in [-0.15, -0.1) is 0 Å². The Kier molecular flexibility index (Phi) is 6.07. The fourth-order valence-electron chi connectivity index (χ4n) is 2.24. The lowest BCUT2D eigenvalue weighted by molar-refractivity contribution is -0.146. The van der Waals surface area contributed by atoms with Gasteiger partial charge in [-0.05, 0) is 39.0 Å². The van der Waals surface area contributed by atoms with Gasteiger partial charge in [-0.25, -0.2) is 0 Å². The Labute approximate surface area is 115 Å². The van der Waals surface area contributed by atoms with Crippen LogP contribution in [0.1, 0.15) is 39.0 Å². The molecule has 110 valence electrons. The van der Waals surface area contributed by atoms with Crippen LogP contribution in [-0.4, -0.2) is 50.6 Å². The minimum atomic E-state index is -0.215. The van der Waals surface area contributed by atoms with E-state index < -0.39 is 0 Å². The smallest absolute Gasteiger partial charge is 0.323 e. The average Bonchev–Trinajstić information content (AvgIpc) is 3.23. The maximum atomic E-state index is 11.8. The first-order valence-electron chi connectivity index (χ1n) is 7.41. The standard InChI is InChI=1S/C14H25NO4/c1-2-18-14(16)13(15-11-3-4-11)7-10-19-12-5-8-17-9-6-12/h11-13,15H,2-10H2,1H3. The molecule has 1 saturated carbocycles. The molecule has 0 spiro atoms. The highest BCUT2D eigenvalue weighted by atomic mass is 16.5. The normalized spacial score (nSPS) is 22.2. The molecule has 1 N–H and O–H groups in total. The molecule has 0 radical (unpaired) electrons. The van der Waals surface area contributed by atoms with Crippen molar-refractivity contribution in [2.24, 2.45) is 0 Å². The Balaban J connectivity index is 1.67. The highest BCUT2D eigenvalue weighted by Gasteiger charge is 2.29. The third kappa shape index (κ3) is 5.47. The predicted molar refractivity (Wildman–Crippen MR) is 71.0 cm³/mol. The van der Waals surface area contributed by atoms with Crippen LogP contribution < -0.4 is 5.32 Å². The second-order valence-corrected chi connectivity index (χ2v) is 5.22. The van der Waals surface area contributed by atoms with Crippen LogP contribution in [0.4, 0.5) is 0 Å². The molecule has 1 saturated heterocycles. The zero-order valence-electron chi connectivity index (χ0n) is 11.7. The largest absolute Gasteiger partial charge is 0.465 e. The van der Waals surface area contributed by atoms with Crippen molar-refractivity contribution in [2.75, 3.05) is 26.4 Å². The lowest BCUT2D eigenvalue weighted by Crippen LogP contribution is -2.40. The van der Waals surface area contributed by atoms with Crippen LogP contribution in [0.2, 0.25) is 0 Å². The summed E-state index contributed by atoms with van der Waals surface area (Å²) in [4.78, 5) is 11.8. The summed E-state index contributed by atoms with van der Waals surface area (Å²) >= 11 is 0. The van der Waals surface area contributed by atoms with E-state index >= 15 is 0 Å². The molecule has 0 aromatic heterocycles. The third-order valence-corrected chi connectivity index (χ3v) is 3.51. The minimum Gasteiger partial charge on any atom is -0.465 e. The van der Waals surface area contributed by atoms with Crippen LogP contribution in [0.3, 0.4) is 0 Å². The molecule has 0 bridgehead atoms. The van der Waals surface area contributed by atoms with Gasteiger partial charge in [-0.1, -0.05) is 0 Å². The topological polar surface area (TPSA) is 56.8 Å². The molecular formula is C14H25NO4. The summed E-state index contributed by atoms with van der Waals surface area (Å²) in [6.07, 6.45) is 5.22. The number of carbonyl (C=O) groups is 1. The zero-order valence-corrected chi connectivity index (χ0v) is 11.7. The number of rotatable bonds is 8. The van der Waals surface area contributed by atoms with Crippen LogP contribution in [0.15, 0.2) is 0 Å². The first-order chi connectivity index (χ1) is 9.29. The molecule has 1 atom stereocenters. The lowest BCUT2D eigenvalue weighted by Gasteiger charge is -2.23. The van der Waals surface area contributed by atoms with E-state index in [0.29, 0.717) is 25.7 Å². The highest BCUT2D eigenvalue weighted by molar-refractivity contribution is 5.75. The number of ether oxygens (including phenoxy) is 3. The van der Waals surface area contributed by atoms with Crippen molar-refractivity contribution < 1.29 is 19.0 Å². The molecule has 2 aliphatic rings. The van der Waals surface area contributed by atoms with Gasteiger partial charge in [0.15, 0.2) is 0 Å². The number of hydrogen-bond acceptors (Lipinski definition) is 5. The van der Waals surface area contributed by atoms with E-state index in [4.69, 9.17) is 14.2 Å². The Bertz CT molecular complexity index is 275. The van der Waals surface area contributed by atoms with Crippen LogP contribution >= 0.6 is 0 Å². The Morgan fingerprint density at radius 1 is 1.32 bits per heavy atom. The van der Waals surface area contributed by atoms with Crippen molar-refractivity contribution in [1.29, 1.82) is 0 Å². The SMILES string of the molecule is CCOC(=O)C(CCOC1CCOCC1)NC1CC1. The van der Waals surface area contributed by atoms with Gasteiger partial charge in [0.2, 0.25) is 0 Å². The highest BCUT2D eigenvalue weighted by Crippen LogP contribution is 2.20. The van der Waals surface area contributed by atoms with E-state index in [1.807, 2.05) is 6.92 Å². The fourth-order valence-corrected chi connectivity index (χ4v) is 2.24. The van der Waals surface area contributed by atoms with E-state index in [1.54, 1.807) is 0 Å². The molecular weight excluding hydrogens is 246 g/mol. The van der Waals surface area contributed by atoms with Crippen LogP contribution in [0, 0.1) is 0 Å². The summed E-state index contributed by atoms with van der Waals surface area (Å²) in [5.74, 6) is -0.148. The molecule has 0 aromatic rings. The van der Waals surface area contributed by atoms with Gasteiger partial charge in [0.25, 0.3) is 0 Å². The average molecular weight is 271 g/mol. The van der Waals surface area contributed by atoms with Crippen LogP contribution in [0.25, 0.3) is 0 Å². The molecule has 0 amide bonds. The Hall–Kier alpha value is -0.650. The van der Waals surface area contributed by atoms with E-state index in [-0.39, 0.29) is 18.1 Å². The predicted octanol–water partition coefficient (Wildman–Crippen LogP) is 1.26. The molecule has 0 aromatic carbocycles. The van der Waals surface area contributed by atoms with Gasteiger partial charge < -0.3 is 19.5 Å². The van der Waals surface area contributed by atoms with E-state index in [0.717, 1.165) is 38.9 Å².